The highest BCUT2D eigenvalue weighted by Crippen LogP contribution is 2.25. The number of piperidine rings is 1. The Morgan fingerprint density at radius 3 is 2.58 bits per heavy atom. The van der Waals surface area contributed by atoms with Crippen molar-refractivity contribution in [3.8, 4) is 0 Å². The van der Waals surface area contributed by atoms with Crippen molar-refractivity contribution in [2.24, 2.45) is 5.92 Å². The molecule has 0 bridgehead atoms. The van der Waals surface area contributed by atoms with Gasteiger partial charge in [-0.05, 0) is 36.6 Å². The third kappa shape index (κ3) is 5.10. The monoisotopic (exact) mass is 436 g/mol. The van der Waals surface area contributed by atoms with Gasteiger partial charge in [0.05, 0.1) is 11.0 Å². The van der Waals surface area contributed by atoms with Crippen molar-refractivity contribution in [2.45, 2.75) is 43.6 Å². The third-order valence-corrected chi connectivity index (χ3v) is 6.55. The predicted octanol–water partition coefficient (Wildman–Crippen LogP) is 4.23. The zero-order chi connectivity index (χ0) is 21.8. The van der Waals surface area contributed by atoms with Gasteiger partial charge in [0.25, 0.3) is 5.91 Å². The fraction of sp³-hybridized carbons (Fsp3) is 0.375. The van der Waals surface area contributed by atoms with Gasteiger partial charge in [0.2, 0.25) is 5.91 Å². The summed E-state index contributed by atoms with van der Waals surface area (Å²) in [6, 6.07) is 15.8. The maximum atomic E-state index is 13.0. The van der Waals surface area contributed by atoms with Crippen molar-refractivity contribution in [2.75, 3.05) is 13.1 Å². The van der Waals surface area contributed by atoms with Crippen LogP contribution in [-0.2, 0) is 10.5 Å². The van der Waals surface area contributed by atoms with Crippen LogP contribution in [0.15, 0.2) is 53.7 Å². The maximum Gasteiger partial charge on any atom is 0.251 e. The first kappa shape index (κ1) is 21.4. The average Bonchev–Trinajstić information content (AvgIpc) is 3.21. The molecule has 1 saturated heterocycles. The number of hydrogen-bond acceptors (Lipinski definition) is 4. The van der Waals surface area contributed by atoms with E-state index in [9.17, 15) is 9.59 Å². The summed E-state index contributed by atoms with van der Waals surface area (Å²) in [5, 5.41) is 4.02. The number of aromatic nitrogens is 2. The molecule has 0 spiro atoms. The normalized spacial score (nSPS) is 14.9. The summed E-state index contributed by atoms with van der Waals surface area (Å²) in [5.41, 5.74) is 3.64. The van der Waals surface area contributed by atoms with E-state index < -0.39 is 0 Å². The van der Waals surface area contributed by atoms with Gasteiger partial charge in [-0.25, -0.2) is 4.98 Å². The lowest BCUT2D eigenvalue weighted by Crippen LogP contribution is -2.47. The van der Waals surface area contributed by atoms with Crippen LogP contribution in [0.2, 0.25) is 0 Å². The van der Waals surface area contributed by atoms with Crippen LogP contribution in [0.4, 0.5) is 0 Å². The van der Waals surface area contributed by atoms with E-state index in [2.05, 4.69) is 15.3 Å². The molecule has 2 amide bonds. The van der Waals surface area contributed by atoms with E-state index in [1.165, 1.54) is 0 Å². The van der Waals surface area contributed by atoms with Gasteiger partial charge >= 0.3 is 0 Å². The molecule has 2 aromatic carbocycles. The molecule has 2 N–H and O–H groups in total. The van der Waals surface area contributed by atoms with Crippen LogP contribution >= 0.6 is 11.8 Å². The number of carbonyl (C=O) groups excluding carboxylic acids is 2. The highest BCUT2D eigenvalue weighted by atomic mass is 32.2. The van der Waals surface area contributed by atoms with Crippen LogP contribution in [0, 0.1) is 5.92 Å². The molecule has 0 unspecified atom stereocenters. The highest BCUT2D eigenvalue weighted by molar-refractivity contribution is 7.98. The number of H-pyrrole nitrogens is 1. The van der Waals surface area contributed by atoms with E-state index in [1.807, 2.05) is 67.3 Å². The molecule has 2 heterocycles. The zero-order valence-electron chi connectivity index (χ0n) is 17.9. The Balaban J connectivity index is 1.36. The van der Waals surface area contributed by atoms with Gasteiger partial charge in [-0.1, -0.05) is 55.9 Å². The van der Waals surface area contributed by atoms with Gasteiger partial charge in [0.15, 0.2) is 5.16 Å². The molecule has 6 nitrogen and oxygen atoms in total. The van der Waals surface area contributed by atoms with Crippen LogP contribution in [0.1, 0.15) is 42.6 Å². The summed E-state index contributed by atoms with van der Waals surface area (Å²) in [6.07, 6.45) is 1.58. The van der Waals surface area contributed by atoms with E-state index in [0.717, 1.165) is 34.6 Å². The van der Waals surface area contributed by atoms with Crippen LogP contribution in [0.3, 0.4) is 0 Å². The largest absolute Gasteiger partial charge is 0.349 e. The molecule has 1 aliphatic heterocycles. The number of nitrogens with zero attached hydrogens (tertiary/aromatic N) is 2. The number of nitrogens with one attached hydrogen (secondary N) is 2. The minimum absolute atomic E-state index is 0.0160. The van der Waals surface area contributed by atoms with Crippen LogP contribution in [0.5, 0.6) is 0 Å². The Bertz CT molecular complexity index is 1040. The van der Waals surface area contributed by atoms with Crippen LogP contribution in [0.25, 0.3) is 11.0 Å². The van der Waals surface area contributed by atoms with Crippen molar-refractivity contribution in [1.82, 2.24) is 20.2 Å². The minimum atomic E-state index is -0.0468. The summed E-state index contributed by atoms with van der Waals surface area (Å²) >= 11 is 1.59. The molecular weight excluding hydrogens is 408 g/mol. The summed E-state index contributed by atoms with van der Waals surface area (Å²) in [4.78, 5) is 35.0. The average molecular weight is 437 g/mol. The Morgan fingerprint density at radius 2 is 1.84 bits per heavy atom. The number of thioether (sulfide) groups is 1. The second-order valence-electron chi connectivity index (χ2n) is 8.23. The number of hydrogen-bond donors (Lipinski definition) is 2. The number of aromatic amines is 1. The lowest BCUT2D eigenvalue weighted by molar-refractivity contribution is -0.135. The molecular formula is C24H28N4O2S. The van der Waals surface area contributed by atoms with Gasteiger partial charge in [0, 0.05) is 36.4 Å². The molecule has 1 aromatic heterocycles. The predicted molar refractivity (Wildman–Crippen MR) is 124 cm³/mol. The molecule has 1 fully saturated rings. The minimum Gasteiger partial charge on any atom is -0.349 e. The Hall–Kier alpha value is -2.80. The molecule has 0 saturated carbocycles. The smallest absolute Gasteiger partial charge is 0.251 e. The fourth-order valence-electron chi connectivity index (χ4n) is 3.88. The van der Waals surface area contributed by atoms with Gasteiger partial charge in [-0.3, -0.25) is 9.59 Å². The number of likely N-dealkylation sites (tertiary alicyclic amines) is 1. The maximum absolute atomic E-state index is 13.0. The van der Waals surface area contributed by atoms with Gasteiger partial charge in [0.1, 0.15) is 0 Å². The van der Waals surface area contributed by atoms with Gasteiger partial charge in [-0.15, -0.1) is 0 Å². The first-order valence-electron chi connectivity index (χ1n) is 10.8. The quantitative estimate of drug-likeness (QED) is 0.567. The molecule has 4 rings (SSSR count). The molecule has 1 aliphatic rings. The Labute approximate surface area is 186 Å². The number of fused-ring (bicyclic) bond motifs is 1. The van der Waals surface area contributed by atoms with E-state index in [0.29, 0.717) is 24.4 Å². The number of amides is 2. The zero-order valence-corrected chi connectivity index (χ0v) is 18.7. The fourth-order valence-corrected chi connectivity index (χ4v) is 4.77. The number of carbonyl (C=O) groups is 2. The molecule has 31 heavy (non-hydrogen) atoms. The number of para-hydroxylation sites is 2. The van der Waals surface area contributed by atoms with Crippen molar-refractivity contribution in [3.63, 3.8) is 0 Å². The third-order valence-electron chi connectivity index (χ3n) is 5.63. The van der Waals surface area contributed by atoms with Crippen molar-refractivity contribution < 1.29 is 9.59 Å². The van der Waals surface area contributed by atoms with Crippen LogP contribution in [-0.4, -0.2) is 45.8 Å². The van der Waals surface area contributed by atoms with E-state index in [1.54, 1.807) is 11.8 Å². The molecule has 162 valence electrons. The van der Waals surface area contributed by atoms with E-state index in [4.69, 9.17) is 0 Å². The molecule has 0 atom stereocenters. The van der Waals surface area contributed by atoms with Crippen LogP contribution < -0.4 is 5.32 Å². The number of rotatable bonds is 6. The SMILES string of the molecule is CC(C)C(=O)N1CCC(NC(=O)c2ccccc2CSc2nc3ccccc3[nH]2)CC1. The molecule has 0 radical (unpaired) electrons. The summed E-state index contributed by atoms with van der Waals surface area (Å²) in [7, 11) is 0. The highest BCUT2D eigenvalue weighted by Gasteiger charge is 2.25. The van der Waals surface area contributed by atoms with E-state index in [-0.39, 0.29) is 23.8 Å². The Kier molecular flexibility index (Phi) is 6.61. The summed E-state index contributed by atoms with van der Waals surface area (Å²) in [6.45, 7) is 5.25. The standard InChI is InChI=1S/C24H28N4O2S/c1-16(2)23(30)28-13-11-18(12-14-28)25-22(29)19-8-4-3-7-17(19)15-31-24-26-20-9-5-6-10-21(20)27-24/h3-10,16,18H,11-15H2,1-2H3,(H,25,29)(H,26,27). The van der Waals surface area contributed by atoms with E-state index >= 15 is 0 Å². The second kappa shape index (κ2) is 9.56. The second-order valence-corrected chi connectivity index (χ2v) is 9.20. The lowest BCUT2D eigenvalue weighted by atomic mass is 10.0. The summed E-state index contributed by atoms with van der Waals surface area (Å²) < 4.78 is 0. The first-order chi connectivity index (χ1) is 15.0. The summed E-state index contributed by atoms with van der Waals surface area (Å²) in [5.74, 6) is 0.819. The first-order valence-corrected chi connectivity index (χ1v) is 11.7. The molecule has 7 heteroatoms. The Morgan fingerprint density at radius 1 is 1.13 bits per heavy atom. The van der Waals surface area contributed by atoms with Gasteiger partial charge < -0.3 is 15.2 Å². The molecule has 3 aromatic rings. The van der Waals surface area contributed by atoms with Crippen molar-refractivity contribution >= 4 is 34.6 Å². The van der Waals surface area contributed by atoms with Gasteiger partial charge in [-0.2, -0.15) is 0 Å². The van der Waals surface area contributed by atoms with Crippen molar-refractivity contribution in [3.05, 3.63) is 59.7 Å². The number of benzene rings is 2. The topological polar surface area (TPSA) is 78.1 Å². The molecule has 0 aliphatic carbocycles. The van der Waals surface area contributed by atoms with Crippen molar-refractivity contribution in [1.29, 1.82) is 0 Å². The number of imidazole rings is 1. The lowest BCUT2D eigenvalue weighted by Gasteiger charge is -2.33.